The van der Waals surface area contributed by atoms with Gasteiger partial charge in [0.2, 0.25) is 5.95 Å². The van der Waals surface area contributed by atoms with Gasteiger partial charge in [-0.3, -0.25) is 0 Å². The monoisotopic (exact) mass is 227 g/mol. The molecule has 0 unspecified atom stereocenters. The van der Waals surface area contributed by atoms with Crippen LogP contribution < -0.4 is 5.32 Å². The van der Waals surface area contributed by atoms with E-state index >= 15 is 0 Å². The molecule has 1 aromatic rings. The highest BCUT2D eigenvalue weighted by atomic mass is 35.5. The average molecular weight is 228 g/mol. The van der Waals surface area contributed by atoms with Gasteiger partial charge in [0.15, 0.2) is 0 Å². The number of halogens is 1. The number of carboxylic acids is 1. The first-order valence-corrected chi connectivity index (χ1v) is 4.52. The van der Waals surface area contributed by atoms with Gasteiger partial charge >= 0.3 is 5.97 Å². The minimum absolute atomic E-state index is 0.0882. The lowest BCUT2D eigenvalue weighted by atomic mass is 10.2. The second-order valence-corrected chi connectivity index (χ2v) is 3.40. The first kappa shape index (κ1) is 11.5. The Morgan fingerprint density at radius 1 is 1.73 bits per heavy atom. The summed E-state index contributed by atoms with van der Waals surface area (Å²) < 4.78 is 0. The van der Waals surface area contributed by atoms with Crippen LogP contribution in [0.5, 0.6) is 0 Å². The van der Waals surface area contributed by atoms with Crippen LogP contribution in [0.1, 0.15) is 16.1 Å². The van der Waals surface area contributed by atoms with Crippen LogP contribution in [0.25, 0.3) is 0 Å². The van der Waals surface area contributed by atoms with Crippen molar-refractivity contribution in [2.75, 3.05) is 11.9 Å². The van der Waals surface area contributed by atoms with Crippen molar-refractivity contribution in [2.45, 2.75) is 6.92 Å². The van der Waals surface area contributed by atoms with Gasteiger partial charge in [0.05, 0.1) is 17.8 Å². The molecule has 0 radical (unpaired) electrons. The highest BCUT2D eigenvalue weighted by molar-refractivity contribution is 6.29. The zero-order valence-electron chi connectivity index (χ0n) is 8.12. The normalized spacial score (nSPS) is 9.73. The number of aromatic nitrogens is 2. The third kappa shape index (κ3) is 3.21. The lowest BCUT2D eigenvalue weighted by Gasteiger charge is -2.05. The highest BCUT2D eigenvalue weighted by Gasteiger charge is 2.09. The van der Waals surface area contributed by atoms with Crippen LogP contribution in [0.3, 0.4) is 0 Å². The summed E-state index contributed by atoms with van der Waals surface area (Å²) in [5.74, 6) is -0.708. The number of hydrogen-bond acceptors (Lipinski definition) is 4. The fraction of sp³-hybridized carbons (Fsp3) is 0.222. The Bertz CT molecular complexity index is 406. The summed E-state index contributed by atoms with van der Waals surface area (Å²) in [4.78, 5) is 18.5. The number of aromatic carboxylic acids is 1. The molecule has 1 rings (SSSR count). The molecule has 1 aromatic heterocycles. The minimum Gasteiger partial charge on any atom is -0.478 e. The van der Waals surface area contributed by atoms with E-state index in [1.165, 1.54) is 6.20 Å². The van der Waals surface area contributed by atoms with Gasteiger partial charge in [0, 0.05) is 11.2 Å². The summed E-state index contributed by atoms with van der Waals surface area (Å²) >= 11 is 5.54. The number of carboxylic acid groups (broad SMARTS) is 1. The van der Waals surface area contributed by atoms with Crippen LogP contribution in [0.2, 0.25) is 0 Å². The molecule has 2 N–H and O–H groups in total. The van der Waals surface area contributed by atoms with Crippen molar-refractivity contribution in [3.8, 4) is 0 Å². The molecule has 15 heavy (non-hydrogen) atoms. The SMILES string of the molecule is C=C(Cl)CNc1ncc(C(=O)O)c(C)n1. The smallest absolute Gasteiger partial charge is 0.339 e. The Morgan fingerprint density at radius 2 is 2.40 bits per heavy atom. The third-order valence-electron chi connectivity index (χ3n) is 1.65. The molecule has 0 saturated heterocycles. The summed E-state index contributed by atoms with van der Waals surface area (Å²) in [7, 11) is 0. The number of nitrogens with zero attached hydrogens (tertiary/aromatic N) is 2. The van der Waals surface area contributed by atoms with Gasteiger partial charge in [-0.05, 0) is 6.92 Å². The Balaban J connectivity index is 2.82. The van der Waals surface area contributed by atoms with Gasteiger partial charge in [-0.1, -0.05) is 18.2 Å². The number of anilines is 1. The number of aryl methyl sites for hydroxylation is 1. The molecule has 0 aliphatic rings. The number of hydrogen-bond donors (Lipinski definition) is 2. The standard InChI is InChI=1S/C9H10ClN3O2/c1-5(10)3-11-9-12-4-7(8(14)15)6(2)13-9/h4H,1,3H2,2H3,(H,14,15)(H,11,12,13). The van der Waals surface area contributed by atoms with Gasteiger partial charge in [0.1, 0.15) is 0 Å². The van der Waals surface area contributed by atoms with E-state index in [1.54, 1.807) is 6.92 Å². The molecule has 0 saturated carbocycles. The van der Waals surface area contributed by atoms with E-state index in [-0.39, 0.29) is 5.56 Å². The Morgan fingerprint density at radius 3 is 2.87 bits per heavy atom. The van der Waals surface area contributed by atoms with E-state index < -0.39 is 5.97 Å². The Kier molecular flexibility index (Phi) is 3.62. The van der Waals surface area contributed by atoms with Gasteiger partial charge < -0.3 is 10.4 Å². The van der Waals surface area contributed by atoms with Crippen LogP contribution in [-0.4, -0.2) is 27.6 Å². The maximum Gasteiger partial charge on any atom is 0.339 e. The van der Waals surface area contributed by atoms with Crippen molar-refractivity contribution in [1.82, 2.24) is 9.97 Å². The van der Waals surface area contributed by atoms with Crippen molar-refractivity contribution in [1.29, 1.82) is 0 Å². The molecule has 0 aliphatic carbocycles. The van der Waals surface area contributed by atoms with Crippen molar-refractivity contribution >= 4 is 23.5 Å². The maximum absolute atomic E-state index is 10.7. The molecule has 0 spiro atoms. The van der Waals surface area contributed by atoms with Crippen molar-refractivity contribution in [3.63, 3.8) is 0 Å². The number of nitrogens with one attached hydrogen (secondary N) is 1. The highest BCUT2D eigenvalue weighted by Crippen LogP contribution is 2.07. The molecule has 0 bridgehead atoms. The van der Waals surface area contributed by atoms with E-state index in [0.717, 1.165) is 0 Å². The first-order chi connectivity index (χ1) is 7.00. The van der Waals surface area contributed by atoms with Gasteiger partial charge in [-0.2, -0.15) is 0 Å². The summed E-state index contributed by atoms with van der Waals surface area (Å²) in [5.41, 5.74) is 0.491. The predicted molar refractivity (Wildman–Crippen MR) is 57.2 cm³/mol. The van der Waals surface area contributed by atoms with Crippen molar-refractivity contribution in [3.05, 3.63) is 29.1 Å². The average Bonchev–Trinajstić information content (AvgIpc) is 2.14. The van der Waals surface area contributed by atoms with E-state index in [0.29, 0.717) is 23.2 Å². The molecule has 0 atom stereocenters. The Labute approximate surface area is 91.8 Å². The summed E-state index contributed by atoms with van der Waals surface area (Å²) in [6.45, 7) is 5.44. The summed E-state index contributed by atoms with van der Waals surface area (Å²) in [6, 6.07) is 0. The topological polar surface area (TPSA) is 75.1 Å². The van der Waals surface area contributed by atoms with E-state index in [9.17, 15) is 4.79 Å². The largest absolute Gasteiger partial charge is 0.478 e. The van der Waals surface area contributed by atoms with Gasteiger partial charge in [-0.25, -0.2) is 14.8 Å². The number of carbonyl (C=O) groups is 1. The molecule has 80 valence electrons. The lowest BCUT2D eigenvalue weighted by Crippen LogP contribution is -2.09. The lowest BCUT2D eigenvalue weighted by molar-refractivity contribution is 0.0695. The predicted octanol–water partition coefficient (Wildman–Crippen LogP) is 1.65. The van der Waals surface area contributed by atoms with Crippen molar-refractivity contribution < 1.29 is 9.90 Å². The van der Waals surface area contributed by atoms with Crippen LogP contribution in [0, 0.1) is 6.92 Å². The molecule has 0 amide bonds. The summed E-state index contributed by atoms with van der Waals surface area (Å²) in [6.07, 6.45) is 1.25. The zero-order chi connectivity index (χ0) is 11.4. The fourth-order valence-electron chi connectivity index (χ4n) is 0.937. The quantitative estimate of drug-likeness (QED) is 0.818. The van der Waals surface area contributed by atoms with E-state index in [4.69, 9.17) is 16.7 Å². The molecular weight excluding hydrogens is 218 g/mol. The van der Waals surface area contributed by atoms with Gasteiger partial charge in [0.25, 0.3) is 0 Å². The molecule has 0 fully saturated rings. The van der Waals surface area contributed by atoms with Crippen LogP contribution >= 0.6 is 11.6 Å². The molecule has 5 nitrogen and oxygen atoms in total. The van der Waals surface area contributed by atoms with Crippen LogP contribution in [0.4, 0.5) is 5.95 Å². The van der Waals surface area contributed by atoms with Gasteiger partial charge in [-0.15, -0.1) is 0 Å². The van der Waals surface area contributed by atoms with E-state index in [1.807, 2.05) is 0 Å². The molecule has 1 heterocycles. The van der Waals surface area contributed by atoms with Crippen LogP contribution in [-0.2, 0) is 0 Å². The second kappa shape index (κ2) is 4.75. The summed E-state index contributed by atoms with van der Waals surface area (Å²) in [5, 5.41) is 12.0. The van der Waals surface area contributed by atoms with Crippen molar-refractivity contribution in [2.24, 2.45) is 0 Å². The zero-order valence-corrected chi connectivity index (χ0v) is 8.88. The van der Waals surface area contributed by atoms with Crippen LogP contribution in [0.15, 0.2) is 17.8 Å². The first-order valence-electron chi connectivity index (χ1n) is 4.15. The second-order valence-electron chi connectivity index (χ2n) is 2.87. The molecule has 6 heteroatoms. The maximum atomic E-state index is 10.7. The third-order valence-corrected chi connectivity index (χ3v) is 1.78. The molecule has 0 aliphatic heterocycles. The van der Waals surface area contributed by atoms with E-state index in [2.05, 4.69) is 21.9 Å². The molecular formula is C9H10ClN3O2. The number of rotatable bonds is 4. The fourth-order valence-corrected chi connectivity index (χ4v) is 1.00. The minimum atomic E-state index is -1.04. The molecule has 0 aromatic carbocycles. The Hall–Kier alpha value is -1.62.